The number of hydrogen-bond acceptors (Lipinski definition) is 1. The summed E-state index contributed by atoms with van der Waals surface area (Å²) in [6, 6.07) is 7.25. The van der Waals surface area contributed by atoms with E-state index in [1.54, 1.807) is 0 Å². The maximum atomic E-state index is 3.75. The van der Waals surface area contributed by atoms with Crippen LogP contribution in [0.5, 0.6) is 0 Å². The summed E-state index contributed by atoms with van der Waals surface area (Å²) < 4.78 is 1.20. The van der Waals surface area contributed by atoms with Crippen LogP contribution >= 0.6 is 15.9 Å². The largest absolute Gasteiger partial charge is 0.310 e. The van der Waals surface area contributed by atoms with Gasteiger partial charge in [0, 0.05) is 10.5 Å². The normalized spacial score (nSPS) is 20.8. The Morgan fingerprint density at radius 3 is 2.78 bits per heavy atom. The summed E-state index contributed by atoms with van der Waals surface area (Å²) in [6.45, 7) is 10.4. The summed E-state index contributed by atoms with van der Waals surface area (Å²) in [7, 11) is 0. The van der Waals surface area contributed by atoms with Gasteiger partial charge < -0.3 is 5.32 Å². The predicted molar refractivity (Wildman–Crippen MR) is 81.8 cm³/mol. The second-order valence-electron chi connectivity index (χ2n) is 6.61. The Kier molecular flexibility index (Phi) is 4.18. The standard InChI is InChI=1S/C16H24BrN/c1-11(16(2,3)4)10-18-15-8-5-12-9-13(17)6-7-14(12)15/h6-7,9,11,15,18H,5,8,10H2,1-4H3. The van der Waals surface area contributed by atoms with Crippen molar-refractivity contribution in [2.75, 3.05) is 6.54 Å². The van der Waals surface area contributed by atoms with Gasteiger partial charge in [-0.2, -0.15) is 0 Å². The molecule has 0 bridgehead atoms. The minimum atomic E-state index is 0.383. The van der Waals surface area contributed by atoms with Gasteiger partial charge in [0.25, 0.3) is 0 Å². The van der Waals surface area contributed by atoms with Gasteiger partial charge in [-0.15, -0.1) is 0 Å². The van der Waals surface area contributed by atoms with E-state index < -0.39 is 0 Å². The van der Waals surface area contributed by atoms with Crippen LogP contribution in [0.15, 0.2) is 22.7 Å². The topological polar surface area (TPSA) is 12.0 Å². The average molecular weight is 310 g/mol. The number of fused-ring (bicyclic) bond motifs is 1. The molecule has 0 heterocycles. The van der Waals surface area contributed by atoms with Gasteiger partial charge in [0.15, 0.2) is 0 Å². The minimum Gasteiger partial charge on any atom is -0.310 e. The molecule has 2 unspecified atom stereocenters. The molecule has 18 heavy (non-hydrogen) atoms. The van der Waals surface area contributed by atoms with Crippen LogP contribution in [-0.2, 0) is 6.42 Å². The molecule has 1 aliphatic carbocycles. The van der Waals surface area contributed by atoms with Gasteiger partial charge in [-0.1, -0.05) is 49.7 Å². The average Bonchev–Trinajstić information content (AvgIpc) is 2.66. The van der Waals surface area contributed by atoms with Gasteiger partial charge in [0.1, 0.15) is 0 Å². The lowest BCUT2D eigenvalue weighted by Crippen LogP contribution is -2.31. The SMILES string of the molecule is CC(CNC1CCc2cc(Br)ccc21)C(C)(C)C. The highest BCUT2D eigenvalue weighted by Crippen LogP contribution is 2.33. The third-order valence-corrected chi connectivity index (χ3v) is 4.82. The number of aryl methyl sites for hydroxylation is 1. The maximum absolute atomic E-state index is 3.75. The summed E-state index contributed by atoms with van der Waals surface area (Å²) in [5, 5.41) is 3.75. The van der Waals surface area contributed by atoms with E-state index in [4.69, 9.17) is 0 Å². The zero-order valence-electron chi connectivity index (χ0n) is 11.9. The Labute approximate surface area is 119 Å². The van der Waals surface area contributed by atoms with E-state index >= 15 is 0 Å². The third kappa shape index (κ3) is 3.16. The lowest BCUT2D eigenvalue weighted by Gasteiger charge is -2.29. The third-order valence-electron chi connectivity index (χ3n) is 4.33. The fourth-order valence-electron chi connectivity index (χ4n) is 2.42. The summed E-state index contributed by atoms with van der Waals surface area (Å²) in [4.78, 5) is 0. The molecule has 1 aromatic carbocycles. The Hall–Kier alpha value is -0.340. The first kappa shape index (κ1) is 14.1. The monoisotopic (exact) mass is 309 g/mol. The fourth-order valence-corrected chi connectivity index (χ4v) is 2.83. The first-order valence-corrected chi connectivity index (χ1v) is 7.69. The number of rotatable bonds is 3. The smallest absolute Gasteiger partial charge is 0.0326 e. The Morgan fingerprint density at radius 1 is 1.39 bits per heavy atom. The van der Waals surface area contributed by atoms with Gasteiger partial charge in [0.05, 0.1) is 0 Å². The van der Waals surface area contributed by atoms with Crippen molar-refractivity contribution in [3.63, 3.8) is 0 Å². The molecule has 0 aliphatic heterocycles. The van der Waals surface area contributed by atoms with Crippen LogP contribution in [0.4, 0.5) is 0 Å². The molecule has 100 valence electrons. The fraction of sp³-hybridized carbons (Fsp3) is 0.625. The quantitative estimate of drug-likeness (QED) is 0.852. The summed E-state index contributed by atoms with van der Waals surface area (Å²) in [5.74, 6) is 0.692. The molecule has 2 rings (SSSR count). The Bertz CT molecular complexity index is 420. The van der Waals surface area contributed by atoms with Crippen LogP contribution in [-0.4, -0.2) is 6.54 Å². The van der Waals surface area contributed by atoms with Crippen molar-refractivity contribution in [1.29, 1.82) is 0 Å². The van der Waals surface area contributed by atoms with E-state index in [1.807, 2.05) is 0 Å². The van der Waals surface area contributed by atoms with E-state index in [9.17, 15) is 0 Å². The van der Waals surface area contributed by atoms with Crippen LogP contribution in [0, 0.1) is 11.3 Å². The molecule has 0 saturated heterocycles. The van der Waals surface area contributed by atoms with Crippen LogP contribution < -0.4 is 5.32 Å². The molecule has 1 aromatic rings. The molecule has 2 atom stereocenters. The highest BCUT2D eigenvalue weighted by molar-refractivity contribution is 9.10. The number of hydrogen-bond donors (Lipinski definition) is 1. The molecule has 0 radical (unpaired) electrons. The van der Waals surface area contributed by atoms with Crippen molar-refractivity contribution in [3.8, 4) is 0 Å². The number of halogens is 1. The van der Waals surface area contributed by atoms with Gasteiger partial charge in [0.2, 0.25) is 0 Å². The molecule has 0 amide bonds. The predicted octanol–water partition coefficient (Wildman–Crippen LogP) is 4.71. The Balaban J connectivity index is 1.98. The van der Waals surface area contributed by atoms with E-state index in [1.165, 1.54) is 28.4 Å². The van der Waals surface area contributed by atoms with E-state index in [2.05, 4.69) is 67.1 Å². The first-order chi connectivity index (χ1) is 8.38. The van der Waals surface area contributed by atoms with Gasteiger partial charge in [-0.25, -0.2) is 0 Å². The van der Waals surface area contributed by atoms with E-state index in [-0.39, 0.29) is 0 Å². The molecular weight excluding hydrogens is 286 g/mol. The highest BCUT2D eigenvalue weighted by atomic mass is 79.9. The van der Waals surface area contributed by atoms with Crippen molar-refractivity contribution < 1.29 is 0 Å². The molecule has 0 aromatic heterocycles. The molecular formula is C16H24BrN. The minimum absolute atomic E-state index is 0.383. The Morgan fingerprint density at radius 2 is 2.11 bits per heavy atom. The van der Waals surface area contributed by atoms with E-state index in [0.717, 1.165) is 6.54 Å². The molecule has 0 spiro atoms. The van der Waals surface area contributed by atoms with Crippen LogP contribution in [0.25, 0.3) is 0 Å². The molecule has 0 fully saturated rings. The zero-order valence-corrected chi connectivity index (χ0v) is 13.5. The molecule has 1 aliphatic rings. The summed E-state index contributed by atoms with van der Waals surface area (Å²) in [5.41, 5.74) is 3.39. The molecule has 1 N–H and O–H groups in total. The molecule has 0 saturated carbocycles. The first-order valence-electron chi connectivity index (χ1n) is 6.89. The van der Waals surface area contributed by atoms with Crippen LogP contribution in [0.1, 0.15) is 51.3 Å². The number of nitrogens with one attached hydrogen (secondary N) is 1. The summed E-state index contributed by atoms with van der Waals surface area (Å²) >= 11 is 3.55. The van der Waals surface area contributed by atoms with Crippen molar-refractivity contribution in [2.24, 2.45) is 11.3 Å². The van der Waals surface area contributed by atoms with Gasteiger partial charge in [-0.05, 0) is 54.0 Å². The summed E-state index contributed by atoms with van der Waals surface area (Å²) in [6.07, 6.45) is 2.44. The molecule has 1 nitrogen and oxygen atoms in total. The van der Waals surface area contributed by atoms with E-state index in [0.29, 0.717) is 17.4 Å². The highest BCUT2D eigenvalue weighted by Gasteiger charge is 2.25. The second kappa shape index (κ2) is 5.34. The van der Waals surface area contributed by atoms with Gasteiger partial charge in [-0.3, -0.25) is 0 Å². The van der Waals surface area contributed by atoms with Crippen molar-refractivity contribution in [1.82, 2.24) is 5.32 Å². The maximum Gasteiger partial charge on any atom is 0.0326 e. The lowest BCUT2D eigenvalue weighted by molar-refractivity contribution is 0.245. The zero-order chi connectivity index (χ0) is 13.3. The van der Waals surface area contributed by atoms with Crippen LogP contribution in [0.3, 0.4) is 0 Å². The van der Waals surface area contributed by atoms with Crippen LogP contribution in [0.2, 0.25) is 0 Å². The molecule has 2 heteroatoms. The number of benzene rings is 1. The lowest BCUT2D eigenvalue weighted by atomic mass is 9.82. The van der Waals surface area contributed by atoms with Crippen molar-refractivity contribution >= 4 is 15.9 Å². The van der Waals surface area contributed by atoms with Crippen molar-refractivity contribution in [3.05, 3.63) is 33.8 Å². The van der Waals surface area contributed by atoms with Gasteiger partial charge >= 0.3 is 0 Å². The van der Waals surface area contributed by atoms with Crippen molar-refractivity contribution in [2.45, 2.75) is 46.6 Å². The second-order valence-corrected chi connectivity index (χ2v) is 7.53.